The first-order valence-electron chi connectivity index (χ1n) is 5.90. The molecule has 0 amide bonds. The summed E-state index contributed by atoms with van der Waals surface area (Å²) in [6.45, 7) is 4.71. The van der Waals surface area contributed by atoms with Crippen molar-refractivity contribution in [3.8, 4) is 0 Å². The van der Waals surface area contributed by atoms with Crippen LogP contribution in [0.4, 0.5) is 5.69 Å². The number of hydrogen-bond acceptors (Lipinski definition) is 4. The number of rotatable bonds is 7. The number of nitrogens with one attached hydrogen (secondary N) is 1. The Morgan fingerprint density at radius 2 is 2.11 bits per heavy atom. The van der Waals surface area contributed by atoms with Crippen molar-refractivity contribution in [2.75, 3.05) is 23.4 Å². The van der Waals surface area contributed by atoms with Crippen LogP contribution in [0.1, 0.15) is 18.9 Å². The maximum atomic E-state index is 11.4. The van der Waals surface area contributed by atoms with Gasteiger partial charge in [-0.15, -0.1) is 0 Å². The van der Waals surface area contributed by atoms with Crippen LogP contribution < -0.4 is 10.5 Å². The van der Waals surface area contributed by atoms with Crippen molar-refractivity contribution >= 4 is 27.5 Å². The van der Waals surface area contributed by atoms with Gasteiger partial charge in [-0.3, -0.25) is 0 Å². The fraction of sp³-hybridized carbons (Fsp3) is 0.500. The molecular weight excluding hydrogens is 268 g/mol. The van der Waals surface area contributed by atoms with Crippen molar-refractivity contribution in [1.82, 2.24) is 0 Å². The molecule has 0 atom stereocenters. The van der Waals surface area contributed by atoms with E-state index in [1.165, 1.54) is 0 Å². The maximum Gasteiger partial charge on any atom is 0.238 e. The number of nitrogens with two attached hydrogens (primary N) is 1. The lowest BCUT2D eigenvalue weighted by atomic mass is 10.2. The molecule has 0 aromatic heterocycles. The highest BCUT2D eigenvalue weighted by Gasteiger charge is 2.11. The summed E-state index contributed by atoms with van der Waals surface area (Å²) >= 11 is 1.90. The molecule has 1 rings (SSSR count). The molecule has 0 spiro atoms. The van der Waals surface area contributed by atoms with Crippen molar-refractivity contribution in [2.45, 2.75) is 25.2 Å². The van der Waals surface area contributed by atoms with E-state index in [2.05, 4.69) is 12.2 Å². The molecule has 0 saturated heterocycles. The van der Waals surface area contributed by atoms with Gasteiger partial charge in [0.2, 0.25) is 10.0 Å². The number of primary sulfonamides is 1. The molecular formula is C12H20N2O2S2. The number of sulfonamides is 1. The average molecular weight is 288 g/mol. The molecule has 0 heterocycles. The Kier molecular flexibility index (Phi) is 5.98. The largest absolute Gasteiger partial charge is 0.385 e. The molecule has 1 aromatic rings. The Labute approximate surface area is 113 Å². The molecule has 4 nitrogen and oxygen atoms in total. The molecule has 0 aliphatic heterocycles. The van der Waals surface area contributed by atoms with E-state index in [4.69, 9.17) is 5.14 Å². The van der Waals surface area contributed by atoms with Crippen LogP contribution in [-0.2, 0) is 10.0 Å². The molecule has 0 aliphatic rings. The molecule has 0 unspecified atom stereocenters. The summed E-state index contributed by atoms with van der Waals surface area (Å²) in [4.78, 5) is 0.190. The fourth-order valence-electron chi connectivity index (χ4n) is 1.57. The lowest BCUT2D eigenvalue weighted by Gasteiger charge is -2.09. The number of anilines is 1. The van der Waals surface area contributed by atoms with E-state index in [9.17, 15) is 8.42 Å². The van der Waals surface area contributed by atoms with Crippen molar-refractivity contribution < 1.29 is 8.42 Å². The Morgan fingerprint density at radius 1 is 1.39 bits per heavy atom. The van der Waals surface area contributed by atoms with E-state index in [0.29, 0.717) is 5.56 Å². The van der Waals surface area contributed by atoms with E-state index < -0.39 is 10.0 Å². The van der Waals surface area contributed by atoms with Crippen LogP contribution in [0.3, 0.4) is 0 Å². The van der Waals surface area contributed by atoms with E-state index in [-0.39, 0.29) is 4.90 Å². The highest BCUT2D eigenvalue weighted by molar-refractivity contribution is 7.99. The molecule has 3 N–H and O–H groups in total. The van der Waals surface area contributed by atoms with Gasteiger partial charge in [0, 0.05) is 12.2 Å². The van der Waals surface area contributed by atoms with Crippen molar-refractivity contribution in [3.63, 3.8) is 0 Å². The van der Waals surface area contributed by atoms with Crippen LogP contribution in [-0.4, -0.2) is 26.5 Å². The number of hydrogen-bond donors (Lipinski definition) is 2. The standard InChI is InChI=1S/C12H20N2O2S2/c1-3-17-8-4-7-14-11-6-5-10(2)12(9-11)18(13,15)16/h5-6,9,14H,3-4,7-8H2,1-2H3,(H2,13,15,16). The van der Waals surface area contributed by atoms with E-state index >= 15 is 0 Å². The zero-order chi connectivity index (χ0) is 13.6. The normalized spacial score (nSPS) is 11.5. The molecule has 0 fully saturated rings. The van der Waals surface area contributed by atoms with E-state index in [0.717, 1.165) is 30.2 Å². The Balaban J connectivity index is 2.63. The summed E-state index contributed by atoms with van der Waals surface area (Å²) in [5.74, 6) is 2.23. The van der Waals surface area contributed by atoms with Crippen LogP contribution in [0.15, 0.2) is 23.1 Å². The van der Waals surface area contributed by atoms with Gasteiger partial charge in [0.05, 0.1) is 4.90 Å². The average Bonchev–Trinajstić information content (AvgIpc) is 2.29. The summed E-state index contributed by atoms with van der Waals surface area (Å²) in [6, 6.07) is 5.23. The van der Waals surface area contributed by atoms with Crippen LogP contribution in [0, 0.1) is 6.92 Å². The molecule has 6 heteroatoms. The lowest BCUT2D eigenvalue weighted by molar-refractivity contribution is 0.597. The first-order chi connectivity index (χ1) is 8.45. The third kappa shape index (κ3) is 4.88. The minimum atomic E-state index is -3.64. The van der Waals surface area contributed by atoms with Gasteiger partial charge in [-0.25, -0.2) is 13.6 Å². The highest BCUT2D eigenvalue weighted by atomic mass is 32.2. The van der Waals surface area contributed by atoms with Crippen LogP contribution >= 0.6 is 11.8 Å². The lowest BCUT2D eigenvalue weighted by Crippen LogP contribution is -2.14. The summed E-state index contributed by atoms with van der Waals surface area (Å²) in [6.07, 6.45) is 1.05. The zero-order valence-electron chi connectivity index (χ0n) is 10.8. The minimum absolute atomic E-state index is 0.190. The van der Waals surface area contributed by atoms with Gasteiger partial charge in [0.1, 0.15) is 0 Å². The molecule has 102 valence electrons. The monoisotopic (exact) mass is 288 g/mol. The smallest absolute Gasteiger partial charge is 0.238 e. The van der Waals surface area contributed by atoms with Gasteiger partial charge in [-0.05, 0) is 42.5 Å². The van der Waals surface area contributed by atoms with Crippen LogP contribution in [0.5, 0.6) is 0 Å². The van der Waals surface area contributed by atoms with Gasteiger partial charge in [-0.2, -0.15) is 11.8 Å². The first-order valence-corrected chi connectivity index (χ1v) is 8.60. The highest BCUT2D eigenvalue weighted by Crippen LogP contribution is 2.18. The molecule has 0 bridgehead atoms. The van der Waals surface area contributed by atoms with Crippen molar-refractivity contribution in [3.05, 3.63) is 23.8 Å². The van der Waals surface area contributed by atoms with E-state index in [1.807, 2.05) is 17.8 Å². The first kappa shape index (κ1) is 15.3. The number of thioether (sulfide) groups is 1. The predicted molar refractivity (Wildman–Crippen MR) is 78.7 cm³/mol. The second kappa shape index (κ2) is 7.01. The van der Waals surface area contributed by atoms with E-state index in [1.54, 1.807) is 19.1 Å². The van der Waals surface area contributed by atoms with Gasteiger partial charge >= 0.3 is 0 Å². The Bertz CT molecular complexity index is 487. The SMILES string of the molecule is CCSCCCNc1ccc(C)c(S(N)(=O)=O)c1. The topological polar surface area (TPSA) is 72.2 Å². The van der Waals surface area contributed by atoms with Crippen molar-refractivity contribution in [1.29, 1.82) is 0 Å². The van der Waals surface area contributed by atoms with Gasteiger partial charge < -0.3 is 5.32 Å². The third-order valence-corrected chi connectivity index (χ3v) is 4.53. The van der Waals surface area contributed by atoms with Gasteiger partial charge in [-0.1, -0.05) is 13.0 Å². The molecule has 0 saturated carbocycles. The summed E-state index contributed by atoms with van der Waals surface area (Å²) in [5, 5.41) is 8.37. The summed E-state index contributed by atoms with van der Waals surface area (Å²) in [5.41, 5.74) is 1.47. The number of aryl methyl sites for hydroxylation is 1. The molecule has 0 radical (unpaired) electrons. The second-order valence-corrected chi connectivity index (χ2v) is 6.93. The number of benzene rings is 1. The fourth-order valence-corrected chi connectivity index (χ4v) is 3.01. The Hall–Kier alpha value is -0.720. The summed E-state index contributed by atoms with van der Waals surface area (Å²) < 4.78 is 22.7. The minimum Gasteiger partial charge on any atom is -0.385 e. The Morgan fingerprint density at radius 3 is 2.72 bits per heavy atom. The third-order valence-electron chi connectivity index (χ3n) is 2.49. The van der Waals surface area contributed by atoms with Crippen molar-refractivity contribution in [2.24, 2.45) is 5.14 Å². The molecule has 18 heavy (non-hydrogen) atoms. The zero-order valence-corrected chi connectivity index (χ0v) is 12.4. The quantitative estimate of drug-likeness (QED) is 0.754. The summed E-state index contributed by atoms with van der Waals surface area (Å²) in [7, 11) is -3.64. The van der Waals surface area contributed by atoms with Crippen LogP contribution in [0.25, 0.3) is 0 Å². The molecule has 1 aromatic carbocycles. The molecule has 0 aliphatic carbocycles. The second-order valence-electron chi connectivity index (χ2n) is 4.00. The predicted octanol–water partition coefficient (Wildman–Crippen LogP) is 2.20. The van der Waals surface area contributed by atoms with Crippen LogP contribution in [0.2, 0.25) is 0 Å². The maximum absolute atomic E-state index is 11.4. The van der Waals surface area contributed by atoms with Gasteiger partial charge in [0.25, 0.3) is 0 Å². The van der Waals surface area contributed by atoms with Gasteiger partial charge in [0.15, 0.2) is 0 Å².